The monoisotopic (exact) mass is 686 g/mol. The molecule has 1 fully saturated rings. The number of fused-ring (bicyclic) bond motifs is 1. The van der Waals surface area contributed by atoms with Crippen molar-refractivity contribution < 1.29 is 24.1 Å². The van der Waals surface area contributed by atoms with Gasteiger partial charge in [-0.25, -0.2) is 9.78 Å². The van der Waals surface area contributed by atoms with Crippen LogP contribution < -0.4 is 9.64 Å². The Labute approximate surface area is 294 Å². The number of carboxylic acids is 1. The van der Waals surface area contributed by atoms with Gasteiger partial charge in [-0.15, -0.1) is 13.2 Å². The zero-order valence-corrected chi connectivity index (χ0v) is 30.1. The number of aryl methyl sites for hydroxylation is 1. The first kappa shape index (κ1) is 36.1. The highest BCUT2D eigenvalue weighted by molar-refractivity contribution is 6.33. The van der Waals surface area contributed by atoms with Crippen molar-refractivity contribution in [3.63, 3.8) is 0 Å². The van der Waals surface area contributed by atoms with Crippen molar-refractivity contribution in [1.29, 1.82) is 0 Å². The van der Waals surface area contributed by atoms with Crippen LogP contribution in [0, 0.1) is 6.92 Å². The Morgan fingerprint density at radius 2 is 1.80 bits per heavy atom. The molecule has 9 nitrogen and oxygen atoms in total. The summed E-state index contributed by atoms with van der Waals surface area (Å²) in [5.74, 6) is 0.258. The lowest BCUT2D eigenvalue weighted by molar-refractivity contribution is -0.160. The molecule has 2 atom stereocenters. The number of carbonyl (C=O) groups is 1. The van der Waals surface area contributed by atoms with E-state index in [0.29, 0.717) is 65.3 Å². The molecule has 0 radical (unpaired) electrons. The van der Waals surface area contributed by atoms with Crippen LogP contribution in [0.5, 0.6) is 5.75 Å². The predicted octanol–water partition coefficient (Wildman–Crippen LogP) is 8.87. The summed E-state index contributed by atoms with van der Waals surface area (Å²) < 4.78 is 20.4. The van der Waals surface area contributed by atoms with Crippen molar-refractivity contribution in [2.24, 2.45) is 0 Å². The van der Waals surface area contributed by atoms with Gasteiger partial charge >= 0.3 is 5.97 Å². The Morgan fingerprint density at radius 1 is 1.10 bits per heavy atom. The van der Waals surface area contributed by atoms with Gasteiger partial charge in [0, 0.05) is 42.4 Å². The summed E-state index contributed by atoms with van der Waals surface area (Å²) in [4.78, 5) is 19.9. The average molecular weight is 687 g/mol. The molecule has 0 bridgehead atoms. The first-order valence-electron chi connectivity index (χ1n) is 16.7. The second-order valence-electron chi connectivity index (χ2n) is 13.9. The maximum Gasteiger partial charge on any atom is 0.337 e. The normalized spacial score (nSPS) is 15.9. The van der Waals surface area contributed by atoms with Gasteiger partial charge < -0.3 is 24.2 Å². The summed E-state index contributed by atoms with van der Waals surface area (Å²) in [6.45, 7) is 20.9. The lowest BCUT2D eigenvalue weighted by Crippen LogP contribution is -2.45. The molecule has 1 aliphatic rings. The predicted molar refractivity (Wildman–Crippen MR) is 196 cm³/mol. The smallest absolute Gasteiger partial charge is 0.337 e. The summed E-state index contributed by atoms with van der Waals surface area (Å²) in [5.41, 5.74) is 3.83. The molecule has 5 rings (SSSR count). The second-order valence-corrected chi connectivity index (χ2v) is 14.3. The number of ether oxygens (including phenoxy) is 3. The molecule has 49 heavy (non-hydrogen) atoms. The number of carboxylic acid groups (broad SMARTS) is 1. The number of nitrogens with zero attached hydrogens (tertiary/aromatic N) is 4. The van der Waals surface area contributed by atoms with Gasteiger partial charge in [0.15, 0.2) is 11.8 Å². The minimum absolute atomic E-state index is 0.0728. The molecular weight excluding hydrogens is 640 g/mol. The van der Waals surface area contributed by atoms with Crippen LogP contribution in [0.25, 0.3) is 28.0 Å². The third-order valence-corrected chi connectivity index (χ3v) is 9.00. The van der Waals surface area contributed by atoms with Gasteiger partial charge in [-0.2, -0.15) is 9.61 Å². The molecule has 4 aromatic rings. The molecule has 0 amide bonds. The largest absolute Gasteiger partial charge is 0.490 e. The maximum atomic E-state index is 12.8. The van der Waals surface area contributed by atoms with Gasteiger partial charge in [0.1, 0.15) is 11.6 Å². The number of rotatable bonds is 13. The van der Waals surface area contributed by atoms with Crippen molar-refractivity contribution in [2.45, 2.75) is 84.2 Å². The average Bonchev–Trinajstić information content (AvgIpc) is 3.46. The fraction of sp³-hybridized carbons (Fsp3) is 0.410. The molecular formula is C39H47ClN4O5. The first-order valence-corrected chi connectivity index (χ1v) is 17.1. The highest BCUT2D eigenvalue weighted by Crippen LogP contribution is 2.41. The third-order valence-electron chi connectivity index (χ3n) is 8.68. The van der Waals surface area contributed by atoms with E-state index in [9.17, 15) is 9.90 Å². The van der Waals surface area contributed by atoms with Crippen LogP contribution in [0.4, 0.5) is 5.82 Å². The van der Waals surface area contributed by atoms with Crippen molar-refractivity contribution >= 4 is 29.0 Å². The van der Waals surface area contributed by atoms with Crippen LogP contribution in [-0.4, -0.2) is 62.7 Å². The number of hydrogen-bond donors (Lipinski definition) is 1. The van der Waals surface area contributed by atoms with E-state index >= 15 is 0 Å². The van der Waals surface area contributed by atoms with Crippen molar-refractivity contribution in [3.8, 4) is 28.1 Å². The van der Waals surface area contributed by atoms with E-state index in [4.69, 9.17) is 35.9 Å². The summed E-state index contributed by atoms with van der Waals surface area (Å²) in [6.07, 6.45) is 4.45. The quantitative estimate of drug-likeness (QED) is 0.139. The standard InChI is InChI=1S/C39H47ClN4O5/c1-9-13-25(3)48-31-17-12-16-29(40)34(31)28-15-11-14-27(23-28)30-24-32-41-26(4)33(35(37(45)46)49-38(5,6)7)36(44(32)42-30)43-20-18-39(8,19-21-43)47-22-10-2/h9-12,14-17,23-25,35H,1-2,13,18-22H2,3-8H3,(H,45,46). The minimum atomic E-state index is -1.25. The van der Waals surface area contributed by atoms with Crippen molar-refractivity contribution in [2.75, 3.05) is 24.6 Å². The van der Waals surface area contributed by atoms with Crippen molar-refractivity contribution in [1.82, 2.24) is 14.6 Å². The number of anilines is 1. The Bertz CT molecular complexity index is 1840. The molecule has 260 valence electrons. The van der Waals surface area contributed by atoms with E-state index in [1.807, 2.05) is 89.2 Å². The Morgan fingerprint density at radius 3 is 2.45 bits per heavy atom. The lowest BCUT2D eigenvalue weighted by atomic mass is 9.92. The topological polar surface area (TPSA) is 98.4 Å². The van der Waals surface area contributed by atoms with E-state index in [0.717, 1.165) is 29.5 Å². The molecule has 0 spiro atoms. The molecule has 0 saturated carbocycles. The van der Waals surface area contributed by atoms with Gasteiger partial charge in [-0.05, 0) is 78.1 Å². The van der Waals surface area contributed by atoms with Crippen LogP contribution in [0.2, 0.25) is 5.02 Å². The number of hydrogen-bond acceptors (Lipinski definition) is 7. The number of piperidine rings is 1. The minimum Gasteiger partial charge on any atom is -0.490 e. The Kier molecular flexibility index (Phi) is 10.9. The van der Waals surface area contributed by atoms with Gasteiger partial charge in [-0.3, -0.25) is 0 Å². The SMILES string of the molecule is C=CCOC1(C)CCN(c2c(C(OC(C)(C)C)C(=O)O)c(C)nc3cc(-c4cccc(-c5c(Cl)cccc5OC(C)CC=C)c4)nn23)CC1. The third kappa shape index (κ3) is 8.18. The molecule has 2 aromatic heterocycles. The number of benzene rings is 2. The van der Waals surface area contributed by atoms with Crippen LogP contribution >= 0.6 is 11.6 Å². The van der Waals surface area contributed by atoms with Crippen LogP contribution in [0.1, 0.15) is 71.2 Å². The maximum absolute atomic E-state index is 12.8. The summed E-state index contributed by atoms with van der Waals surface area (Å²) in [7, 11) is 0. The summed E-state index contributed by atoms with van der Waals surface area (Å²) in [6, 6.07) is 15.6. The molecule has 10 heteroatoms. The Hall–Kier alpha value is -4.18. The molecule has 1 N–H and O–H groups in total. The summed E-state index contributed by atoms with van der Waals surface area (Å²) in [5, 5.41) is 16.1. The van der Waals surface area contributed by atoms with E-state index in [1.165, 1.54) is 0 Å². The molecule has 0 aliphatic carbocycles. The molecule has 2 unspecified atom stereocenters. The summed E-state index contributed by atoms with van der Waals surface area (Å²) >= 11 is 6.77. The zero-order valence-electron chi connectivity index (χ0n) is 29.3. The van der Waals surface area contributed by atoms with Crippen LogP contribution in [-0.2, 0) is 14.3 Å². The van der Waals surface area contributed by atoms with Gasteiger partial charge in [0.25, 0.3) is 0 Å². The van der Waals surface area contributed by atoms with Gasteiger partial charge in [0.2, 0.25) is 0 Å². The van der Waals surface area contributed by atoms with E-state index in [1.54, 1.807) is 10.6 Å². The van der Waals surface area contributed by atoms with E-state index < -0.39 is 17.7 Å². The fourth-order valence-electron chi connectivity index (χ4n) is 6.27. The highest BCUT2D eigenvalue weighted by atomic mass is 35.5. The fourth-order valence-corrected chi connectivity index (χ4v) is 6.54. The first-order chi connectivity index (χ1) is 23.2. The van der Waals surface area contributed by atoms with E-state index in [-0.39, 0.29) is 11.7 Å². The molecule has 3 heterocycles. The lowest BCUT2D eigenvalue weighted by Gasteiger charge is -2.41. The van der Waals surface area contributed by atoms with E-state index in [2.05, 4.69) is 25.0 Å². The van der Waals surface area contributed by atoms with Crippen LogP contribution in [0.3, 0.4) is 0 Å². The molecule has 1 aliphatic heterocycles. The number of aliphatic carboxylic acids is 1. The van der Waals surface area contributed by atoms with Crippen molar-refractivity contribution in [3.05, 3.63) is 90.1 Å². The molecule has 1 saturated heterocycles. The van der Waals surface area contributed by atoms with Gasteiger partial charge in [-0.1, -0.05) is 48.0 Å². The highest BCUT2D eigenvalue weighted by Gasteiger charge is 2.37. The van der Waals surface area contributed by atoms with Gasteiger partial charge in [0.05, 0.1) is 40.2 Å². The molecule has 2 aromatic carbocycles. The van der Waals surface area contributed by atoms with Crippen LogP contribution in [0.15, 0.2) is 73.8 Å². The second kappa shape index (κ2) is 14.7. The zero-order chi connectivity index (χ0) is 35.5. The Balaban J connectivity index is 1.63. The number of halogens is 1. The number of aromatic nitrogens is 3.